The minimum Gasteiger partial charge on any atom is -0.508 e. The zero-order valence-corrected chi connectivity index (χ0v) is 8.86. The predicted octanol–water partition coefficient (Wildman–Crippen LogP) is 2.50. The van der Waals surface area contributed by atoms with Crippen LogP contribution in [0.3, 0.4) is 0 Å². The fraction of sp³-hybridized carbons (Fsp3) is 0.500. The number of phenols is 1. The van der Waals surface area contributed by atoms with Gasteiger partial charge in [0.1, 0.15) is 11.9 Å². The average Bonchev–Trinajstić information content (AvgIpc) is 2.63. The van der Waals surface area contributed by atoms with Crippen LogP contribution in [0, 0.1) is 0 Å². The van der Waals surface area contributed by atoms with E-state index in [0.717, 1.165) is 19.4 Å². The molecule has 1 aliphatic heterocycles. The highest BCUT2D eigenvalue weighted by Crippen LogP contribution is 2.32. The molecule has 15 heavy (non-hydrogen) atoms. The van der Waals surface area contributed by atoms with Gasteiger partial charge in [0, 0.05) is 6.04 Å². The second-order valence-electron chi connectivity index (χ2n) is 4.19. The standard InChI is InChI=1S/C12H16FNO/c1-14-7-3-6-11(14)12(13)9-4-2-5-10(15)8-9/h2,4-5,8,11-12,15H,3,6-7H2,1H3. The Hall–Kier alpha value is -1.09. The Labute approximate surface area is 89.3 Å². The van der Waals surface area contributed by atoms with Crippen molar-refractivity contribution < 1.29 is 9.50 Å². The Balaban J connectivity index is 2.16. The molecule has 0 spiro atoms. The molecular weight excluding hydrogens is 193 g/mol. The molecule has 3 heteroatoms. The van der Waals surface area contributed by atoms with Gasteiger partial charge in [0.15, 0.2) is 0 Å². The molecule has 2 nitrogen and oxygen atoms in total. The molecule has 1 aromatic carbocycles. The fourth-order valence-electron chi connectivity index (χ4n) is 2.22. The number of hydrogen-bond donors (Lipinski definition) is 1. The van der Waals surface area contributed by atoms with Gasteiger partial charge >= 0.3 is 0 Å². The Morgan fingerprint density at radius 3 is 2.93 bits per heavy atom. The molecule has 2 unspecified atom stereocenters. The van der Waals surface area contributed by atoms with Gasteiger partial charge in [-0.1, -0.05) is 12.1 Å². The summed E-state index contributed by atoms with van der Waals surface area (Å²) in [6.45, 7) is 0.962. The first-order valence-electron chi connectivity index (χ1n) is 5.32. The monoisotopic (exact) mass is 209 g/mol. The summed E-state index contributed by atoms with van der Waals surface area (Å²) in [4.78, 5) is 2.05. The van der Waals surface area contributed by atoms with Crippen LogP contribution in [0.5, 0.6) is 5.75 Å². The lowest BCUT2D eigenvalue weighted by molar-refractivity contribution is 0.173. The van der Waals surface area contributed by atoms with Crippen LogP contribution in [-0.2, 0) is 0 Å². The predicted molar refractivity (Wildman–Crippen MR) is 57.6 cm³/mol. The van der Waals surface area contributed by atoms with Crippen molar-refractivity contribution in [3.63, 3.8) is 0 Å². The number of nitrogens with zero attached hydrogens (tertiary/aromatic N) is 1. The van der Waals surface area contributed by atoms with E-state index in [0.29, 0.717) is 5.56 Å². The largest absolute Gasteiger partial charge is 0.508 e. The minimum atomic E-state index is -0.996. The zero-order valence-electron chi connectivity index (χ0n) is 8.86. The van der Waals surface area contributed by atoms with E-state index in [1.807, 2.05) is 7.05 Å². The highest BCUT2D eigenvalue weighted by Gasteiger charge is 2.30. The van der Waals surface area contributed by atoms with Crippen LogP contribution in [0.25, 0.3) is 0 Å². The summed E-state index contributed by atoms with van der Waals surface area (Å²) in [7, 11) is 1.95. The third kappa shape index (κ3) is 2.12. The van der Waals surface area contributed by atoms with Crippen LogP contribution in [0.15, 0.2) is 24.3 Å². The first-order chi connectivity index (χ1) is 7.18. The molecule has 1 heterocycles. The van der Waals surface area contributed by atoms with Crippen molar-refractivity contribution in [1.82, 2.24) is 4.90 Å². The van der Waals surface area contributed by atoms with Crippen LogP contribution in [-0.4, -0.2) is 29.6 Å². The first kappa shape index (κ1) is 10.4. The van der Waals surface area contributed by atoms with Crippen LogP contribution in [0.1, 0.15) is 24.6 Å². The summed E-state index contributed by atoms with van der Waals surface area (Å²) in [6, 6.07) is 6.46. The number of aromatic hydroxyl groups is 1. The van der Waals surface area contributed by atoms with Gasteiger partial charge in [-0.05, 0) is 44.1 Å². The van der Waals surface area contributed by atoms with Gasteiger partial charge in [-0.15, -0.1) is 0 Å². The summed E-state index contributed by atoms with van der Waals surface area (Å²) >= 11 is 0. The second-order valence-corrected chi connectivity index (χ2v) is 4.19. The van der Waals surface area contributed by atoms with Gasteiger partial charge in [0.25, 0.3) is 0 Å². The zero-order chi connectivity index (χ0) is 10.8. The lowest BCUT2D eigenvalue weighted by Gasteiger charge is -2.23. The van der Waals surface area contributed by atoms with E-state index in [4.69, 9.17) is 0 Å². The molecule has 0 amide bonds. The van der Waals surface area contributed by atoms with E-state index in [-0.39, 0.29) is 11.8 Å². The number of likely N-dealkylation sites (tertiary alicyclic amines) is 1. The SMILES string of the molecule is CN1CCCC1C(F)c1cccc(O)c1. The summed E-state index contributed by atoms with van der Waals surface area (Å²) < 4.78 is 14.1. The number of likely N-dealkylation sites (N-methyl/N-ethyl adjacent to an activating group) is 1. The van der Waals surface area contributed by atoms with E-state index in [9.17, 15) is 9.50 Å². The van der Waals surface area contributed by atoms with Crippen LogP contribution < -0.4 is 0 Å². The maximum Gasteiger partial charge on any atom is 0.141 e. The molecule has 2 rings (SSSR count). The minimum absolute atomic E-state index is 0.0354. The number of benzene rings is 1. The topological polar surface area (TPSA) is 23.5 Å². The molecule has 82 valence electrons. The molecule has 1 saturated heterocycles. The molecule has 0 aromatic heterocycles. The van der Waals surface area contributed by atoms with Crippen molar-refractivity contribution in [2.45, 2.75) is 25.1 Å². The van der Waals surface area contributed by atoms with E-state index < -0.39 is 6.17 Å². The maximum absolute atomic E-state index is 14.1. The van der Waals surface area contributed by atoms with Crippen LogP contribution in [0.2, 0.25) is 0 Å². The van der Waals surface area contributed by atoms with Crippen LogP contribution >= 0.6 is 0 Å². The molecule has 2 atom stereocenters. The summed E-state index contributed by atoms with van der Waals surface area (Å²) in [5, 5.41) is 9.29. The number of alkyl halides is 1. The highest BCUT2D eigenvalue weighted by molar-refractivity contribution is 5.29. The number of hydrogen-bond acceptors (Lipinski definition) is 2. The molecule has 1 aromatic rings. The Morgan fingerprint density at radius 1 is 1.53 bits per heavy atom. The Kier molecular flexibility index (Phi) is 2.91. The first-order valence-corrected chi connectivity index (χ1v) is 5.32. The van der Waals surface area contributed by atoms with Gasteiger partial charge in [0.2, 0.25) is 0 Å². The van der Waals surface area contributed by atoms with Crippen molar-refractivity contribution in [3.05, 3.63) is 29.8 Å². The third-order valence-corrected chi connectivity index (χ3v) is 3.10. The molecule has 0 saturated carbocycles. The number of phenolic OH excluding ortho intramolecular Hbond substituents is 1. The smallest absolute Gasteiger partial charge is 0.141 e. The third-order valence-electron chi connectivity index (χ3n) is 3.10. The summed E-state index contributed by atoms with van der Waals surface area (Å²) in [6.07, 6.45) is 0.956. The second kappa shape index (κ2) is 4.19. The average molecular weight is 209 g/mol. The number of halogens is 1. The molecule has 1 N–H and O–H groups in total. The van der Waals surface area contributed by atoms with Gasteiger partial charge in [-0.2, -0.15) is 0 Å². The molecule has 1 aliphatic rings. The quantitative estimate of drug-likeness (QED) is 0.809. The van der Waals surface area contributed by atoms with Gasteiger partial charge < -0.3 is 10.0 Å². The fourth-order valence-corrected chi connectivity index (χ4v) is 2.22. The van der Waals surface area contributed by atoms with Gasteiger partial charge in [-0.25, -0.2) is 4.39 Å². The normalized spacial score (nSPS) is 24.3. The van der Waals surface area contributed by atoms with E-state index in [1.54, 1.807) is 18.2 Å². The van der Waals surface area contributed by atoms with Gasteiger partial charge in [-0.3, -0.25) is 0 Å². The Bertz CT molecular complexity index is 342. The molecular formula is C12H16FNO. The number of rotatable bonds is 2. The molecule has 1 fully saturated rings. The van der Waals surface area contributed by atoms with Crippen molar-refractivity contribution in [2.24, 2.45) is 0 Å². The molecule has 0 radical (unpaired) electrons. The van der Waals surface area contributed by atoms with Crippen molar-refractivity contribution in [3.8, 4) is 5.75 Å². The van der Waals surface area contributed by atoms with Crippen molar-refractivity contribution >= 4 is 0 Å². The lowest BCUT2D eigenvalue weighted by atomic mass is 10.0. The highest BCUT2D eigenvalue weighted by atomic mass is 19.1. The van der Waals surface area contributed by atoms with Crippen molar-refractivity contribution in [1.29, 1.82) is 0 Å². The molecule has 0 aliphatic carbocycles. The lowest BCUT2D eigenvalue weighted by Crippen LogP contribution is -2.29. The van der Waals surface area contributed by atoms with E-state index >= 15 is 0 Å². The van der Waals surface area contributed by atoms with Crippen molar-refractivity contribution in [2.75, 3.05) is 13.6 Å². The molecule has 0 bridgehead atoms. The van der Waals surface area contributed by atoms with Crippen LogP contribution in [0.4, 0.5) is 4.39 Å². The summed E-state index contributed by atoms with van der Waals surface area (Å²) in [5.74, 6) is 0.135. The summed E-state index contributed by atoms with van der Waals surface area (Å²) in [5.41, 5.74) is 0.578. The van der Waals surface area contributed by atoms with Gasteiger partial charge in [0.05, 0.1) is 0 Å². The maximum atomic E-state index is 14.1. The van der Waals surface area contributed by atoms with E-state index in [2.05, 4.69) is 4.90 Å². The van der Waals surface area contributed by atoms with E-state index in [1.165, 1.54) is 6.07 Å². The Morgan fingerprint density at radius 2 is 2.33 bits per heavy atom.